The van der Waals surface area contributed by atoms with E-state index < -0.39 is 8.32 Å². The van der Waals surface area contributed by atoms with Crippen molar-refractivity contribution >= 4 is 23.9 Å². The molecule has 3 unspecified atom stereocenters. The van der Waals surface area contributed by atoms with Crippen molar-refractivity contribution < 1.29 is 55.4 Å². The molecule has 0 N–H and O–H groups in total. The maximum atomic E-state index is 7.29. The maximum absolute atomic E-state index is 7.29. The van der Waals surface area contributed by atoms with Gasteiger partial charge in [0.2, 0.25) is 0 Å². The molecule has 0 aliphatic heterocycles. The summed E-state index contributed by atoms with van der Waals surface area (Å²) < 4.78 is 7.29. The van der Waals surface area contributed by atoms with Gasteiger partial charge in [-0.25, -0.2) is 0 Å². The van der Waals surface area contributed by atoms with Crippen LogP contribution < -0.4 is 40.4 Å². The molecule has 0 saturated heterocycles. The SMILES string of the molecule is CC(CCCO[Si](c1ccccc1)(c1ccccc1)c1ccccc1)(C1C=CC=C1)C1CCC2CC=CC=C21.[Cl-].[Cl-].[Zr+2]. The van der Waals surface area contributed by atoms with Crippen LogP contribution in [0.15, 0.2) is 139 Å². The fourth-order valence-electron chi connectivity index (χ4n) is 7.52. The average molecular weight is 691 g/mol. The molecular formula is C37H40Cl2OSiZr. The number of allylic oxidation sites excluding steroid dienone is 8. The molecule has 1 nitrogen and oxygen atoms in total. The van der Waals surface area contributed by atoms with E-state index in [4.69, 9.17) is 4.43 Å². The third-order valence-electron chi connectivity index (χ3n) is 9.55. The van der Waals surface area contributed by atoms with Gasteiger partial charge >= 0.3 is 26.2 Å². The molecule has 0 bridgehead atoms. The Balaban J connectivity index is 0.00000161. The predicted molar refractivity (Wildman–Crippen MR) is 167 cm³/mol. The van der Waals surface area contributed by atoms with E-state index in [1.807, 2.05) is 0 Å². The van der Waals surface area contributed by atoms with Gasteiger partial charge in [0.25, 0.3) is 8.32 Å². The van der Waals surface area contributed by atoms with Crippen molar-refractivity contribution in [3.63, 3.8) is 0 Å². The standard InChI is InChI=1S/C37H40OSi.2ClH.Zr/c1-37(31-17-12-13-18-31,36-27-26-30-16-11-14-25-35(30)36)28-15-29-38-39(32-19-5-2-6-20-32,33-21-7-3-8-22-33)34-23-9-4-10-24-34;;;/h2-14,17-25,30-31,36H,15-16,26-29H2,1H3;2*1H;/q;;;+2/p-2. The Morgan fingerprint density at radius 3 is 1.79 bits per heavy atom. The van der Waals surface area contributed by atoms with Gasteiger partial charge < -0.3 is 29.2 Å². The van der Waals surface area contributed by atoms with E-state index in [0.29, 0.717) is 11.8 Å². The molecule has 0 aromatic heterocycles. The fraction of sp³-hybridized carbons (Fsp3) is 0.297. The normalized spacial score (nSPS) is 20.5. The zero-order valence-electron chi connectivity index (χ0n) is 24.3. The van der Waals surface area contributed by atoms with Gasteiger partial charge in [0.1, 0.15) is 0 Å². The van der Waals surface area contributed by atoms with Crippen molar-refractivity contribution in [1.29, 1.82) is 0 Å². The largest absolute Gasteiger partial charge is 2.00 e. The number of rotatable bonds is 10. The van der Waals surface area contributed by atoms with Crippen molar-refractivity contribution in [2.45, 2.75) is 39.0 Å². The van der Waals surface area contributed by atoms with Crippen LogP contribution in [0.25, 0.3) is 0 Å². The summed E-state index contributed by atoms with van der Waals surface area (Å²) in [5.74, 6) is 1.89. The van der Waals surface area contributed by atoms with Gasteiger partial charge in [-0.15, -0.1) is 0 Å². The van der Waals surface area contributed by atoms with Crippen LogP contribution in [-0.4, -0.2) is 14.9 Å². The van der Waals surface area contributed by atoms with E-state index in [9.17, 15) is 0 Å². The van der Waals surface area contributed by atoms with Gasteiger partial charge in [0, 0.05) is 12.5 Å². The molecule has 3 aromatic carbocycles. The summed E-state index contributed by atoms with van der Waals surface area (Å²) in [5, 5.41) is 3.93. The third kappa shape index (κ3) is 6.82. The van der Waals surface area contributed by atoms with E-state index >= 15 is 0 Å². The Labute approximate surface area is 285 Å². The topological polar surface area (TPSA) is 9.23 Å². The number of benzene rings is 3. The molecule has 3 aromatic rings. The van der Waals surface area contributed by atoms with Crippen LogP contribution in [0.1, 0.15) is 39.0 Å². The van der Waals surface area contributed by atoms with Crippen molar-refractivity contribution in [2.24, 2.45) is 23.2 Å². The van der Waals surface area contributed by atoms with Crippen molar-refractivity contribution in [3.05, 3.63) is 139 Å². The first kappa shape index (κ1) is 34.7. The van der Waals surface area contributed by atoms with Crippen LogP contribution in [0.5, 0.6) is 0 Å². The average Bonchev–Trinajstić information content (AvgIpc) is 3.70. The monoisotopic (exact) mass is 688 g/mol. The van der Waals surface area contributed by atoms with Crippen molar-refractivity contribution in [2.75, 3.05) is 6.61 Å². The Bertz CT molecular complexity index is 1260. The van der Waals surface area contributed by atoms with Crippen LogP contribution >= 0.6 is 0 Å². The molecule has 1 saturated carbocycles. The first-order valence-electron chi connectivity index (χ1n) is 14.7. The smallest absolute Gasteiger partial charge is 1.00 e. The quantitative estimate of drug-likeness (QED) is 0.176. The van der Waals surface area contributed by atoms with Crippen LogP contribution in [0.2, 0.25) is 0 Å². The van der Waals surface area contributed by atoms with E-state index in [-0.39, 0.29) is 56.4 Å². The molecule has 216 valence electrons. The summed E-state index contributed by atoms with van der Waals surface area (Å²) in [6.45, 7) is 3.32. The van der Waals surface area contributed by atoms with Crippen molar-refractivity contribution in [3.8, 4) is 0 Å². The summed E-state index contributed by atoms with van der Waals surface area (Å²) in [5.41, 5.74) is 1.91. The first-order valence-corrected chi connectivity index (χ1v) is 16.6. The zero-order chi connectivity index (χ0) is 26.5. The second-order valence-electron chi connectivity index (χ2n) is 11.7. The third-order valence-corrected chi connectivity index (χ3v) is 13.6. The molecule has 0 heterocycles. The molecule has 0 spiro atoms. The number of fused-ring (bicyclic) bond motifs is 1. The van der Waals surface area contributed by atoms with E-state index in [2.05, 4.69) is 140 Å². The first-order chi connectivity index (χ1) is 19.2. The summed E-state index contributed by atoms with van der Waals surface area (Å²) in [4.78, 5) is 0. The minimum Gasteiger partial charge on any atom is -1.00 e. The number of halogens is 2. The Kier molecular flexibility index (Phi) is 13.1. The van der Waals surface area contributed by atoms with Crippen LogP contribution in [0, 0.1) is 23.2 Å². The second-order valence-corrected chi connectivity index (χ2v) is 15.1. The number of hydrogen-bond acceptors (Lipinski definition) is 1. The van der Waals surface area contributed by atoms with Crippen LogP contribution in [0.4, 0.5) is 0 Å². The van der Waals surface area contributed by atoms with Gasteiger partial charge in [0.15, 0.2) is 0 Å². The minimum atomic E-state index is -2.66. The summed E-state index contributed by atoms with van der Waals surface area (Å²) in [7, 11) is -2.66. The van der Waals surface area contributed by atoms with E-state index in [0.717, 1.165) is 25.4 Å². The van der Waals surface area contributed by atoms with Crippen molar-refractivity contribution in [1.82, 2.24) is 0 Å². The molecule has 42 heavy (non-hydrogen) atoms. The Morgan fingerprint density at radius 1 is 0.738 bits per heavy atom. The van der Waals surface area contributed by atoms with Gasteiger partial charge in [-0.3, -0.25) is 0 Å². The minimum absolute atomic E-state index is 0. The van der Waals surface area contributed by atoms with Gasteiger partial charge in [0.05, 0.1) is 0 Å². The molecule has 1 fully saturated rings. The summed E-state index contributed by atoms with van der Waals surface area (Å²) in [6, 6.07) is 32.9. The fourth-order valence-corrected chi connectivity index (χ4v) is 11.5. The molecule has 5 heteroatoms. The molecule has 0 radical (unpaired) electrons. The molecule has 3 atom stereocenters. The maximum Gasteiger partial charge on any atom is 2.00 e. The molecule has 3 aliphatic rings. The van der Waals surface area contributed by atoms with E-state index in [1.165, 1.54) is 34.8 Å². The summed E-state index contributed by atoms with van der Waals surface area (Å²) >= 11 is 0. The van der Waals surface area contributed by atoms with Crippen LogP contribution in [0.3, 0.4) is 0 Å². The Morgan fingerprint density at radius 2 is 1.26 bits per heavy atom. The molecule has 6 rings (SSSR count). The molecule has 0 amide bonds. The molecule has 3 aliphatic carbocycles. The summed E-state index contributed by atoms with van der Waals surface area (Å²) in [6.07, 6.45) is 22.5. The van der Waals surface area contributed by atoms with Crippen LogP contribution in [-0.2, 0) is 30.6 Å². The van der Waals surface area contributed by atoms with E-state index in [1.54, 1.807) is 5.57 Å². The van der Waals surface area contributed by atoms with Gasteiger partial charge in [-0.05, 0) is 64.9 Å². The Hall–Kier alpha value is -1.74. The second kappa shape index (κ2) is 15.8. The number of hydrogen-bond donors (Lipinski definition) is 0. The zero-order valence-corrected chi connectivity index (χ0v) is 29.3. The predicted octanol–water partition coefficient (Wildman–Crippen LogP) is 1.12. The van der Waals surface area contributed by atoms with Gasteiger partial charge in [-0.1, -0.05) is 146 Å². The van der Waals surface area contributed by atoms with Gasteiger partial charge in [-0.2, -0.15) is 0 Å². The molecular weight excluding hydrogens is 651 g/mol.